The van der Waals surface area contributed by atoms with Crippen molar-refractivity contribution < 1.29 is 22.7 Å². The van der Waals surface area contributed by atoms with E-state index in [1.54, 1.807) is 23.2 Å². The Bertz CT molecular complexity index is 1330. The summed E-state index contributed by atoms with van der Waals surface area (Å²) in [6, 6.07) is 2.08. The third-order valence-electron chi connectivity index (χ3n) is 6.30. The number of alkyl halides is 3. The first kappa shape index (κ1) is 25.2. The Kier molecular flexibility index (Phi) is 6.68. The zero-order valence-electron chi connectivity index (χ0n) is 20.6. The minimum atomic E-state index is -4.55. The highest BCUT2D eigenvalue weighted by Crippen LogP contribution is 2.36. The summed E-state index contributed by atoms with van der Waals surface area (Å²) in [6.45, 7) is 9.87. The molecule has 1 saturated heterocycles. The number of hydrogen-bond donors (Lipinski definition) is 0. The Balaban J connectivity index is 1.43. The molecular formula is C23H27F3N8O2S. The van der Waals surface area contributed by atoms with Crippen LogP contribution in [-0.4, -0.2) is 68.4 Å². The maximum absolute atomic E-state index is 13.3. The van der Waals surface area contributed by atoms with Gasteiger partial charge in [0.15, 0.2) is 5.82 Å². The van der Waals surface area contributed by atoms with E-state index in [1.807, 2.05) is 9.80 Å². The third-order valence-corrected chi connectivity index (χ3v) is 7.39. The van der Waals surface area contributed by atoms with E-state index < -0.39 is 18.1 Å². The van der Waals surface area contributed by atoms with Crippen molar-refractivity contribution >= 4 is 39.4 Å². The molecule has 0 radical (unpaired) electrons. The number of aromatic nitrogens is 5. The van der Waals surface area contributed by atoms with Crippen molar-refractivity contribution in [3.8, 4) is 0 Å². The fraction of sp³-hybridized carbons (Fsp3) is 0.522. The minimum absolute atomic E-state index is 0.105. The van der Waals surface area contributed by atoms with Gasteiger partial charge in [-0.25, -0.2) is 9.78 Å². The van der Waals surface area contributed by atoms with E-state index in [4.69, 9.17) is 14.7 Å². The Morgan fingerprint density at radius 2 is 1.84 bits per heavy atom. The van der Waals surface area contributed by atoms with Crippen LogP contribution in [0.15, 0.2) is 18.4 Å². The van der Waals surface area contributed by atoms with Crippen LogP contribution >= 0.6 is 11.3 Å². The lowest BCUT2D eigenvalue weighted by Crippen LogP contribution is -2.49. The Morgan fingerprint density at radius 1 is 1.11 bits per heavy atom. The van der Waals surface area contributed by atoms with Crippen LogP contribution in [-0.2, 0) is 30.4 Å². The van der Waals surface area contributed by atoms with Gasteiger partial charge in [-0.3, -0.25) is 0 Å². The molecule has 10 nitrogen and oxygen atoms in total. The number of anilines is 2. The molecule has 0 bridgehead atoms. The molecular weight excluding hydrogens is 509 g/mol. The number of halogens is 3. The normalized spacial score (nSPS) is 16.3. The van der Waals surface area contributed by atoms with Gasteiger partial charge in [0, 0.05) is 44.1 Å². The lowest BCUT2D eigenvalue weighted by atomic mass is 10.2. The van der Waals surface area contributed by atoms with E-state index in [1.165, 1.54) is 4.88 Å². The summed E-state index contributed by atoms with van der Waals surface area (Å²) in [4.78, 5) is 29.5. The number of aryl methyl sites for hydroxylation is 1. The average Bonchev–Trinajstić information content (AvgIpc) is 3.46. The minimum Gasteiger partial charge on any atom is -0.416 e. The second-order valence-electron chi connectivity index (χ2n) is 9.08. The average molecular weight is 537 g/mol. The van der Waals surface area contributed by atoms with Crippen LogP contribution in [0.3, 0.4) is 0 Å². The molecule has 3 aromatic heterocycles. The highest BCUT2D eigenvalue weighted by atomic mass is 32.1. The van der Waals surface area contributed by atoms with Gasteiger partial charge in [0.25, 0.3) is 0 Å². The second-order valence-corrected chi connectivity index (χ2v) is 10.2. The molecule has 0 unspecified atom stereocenters. The number of fused-ring (bicyclic) bond motifs is 2. The molecule has 1 fully saturated rings. The van der Waals surface area contributed by atoms with Crippen molar-refractivity contribution in [1.29, 1.82) is 0 Å². The number of thiophene rings is 1. The second kappa shape index (κ2) is 9.80. The van der Waals surface area contributed by atoms with Gasteiger partial charge in [0.1, 0.15) is 10.6 Å². The molecule has 198 valence electrons. The van der Waals surface area contributed by atoms with E-state index in [9.17, 15) is 18.0 Å². The van der Waals surface area contributed by atoms with Gasteiger partial charge in [0.2, 0.25) is 11.8 Å². The number of rotatable bonds is 5. The fourth-order valence-corrected chi connectivity index (χ4v) is 5.67. The molecule has 37 heavy (non-hydrogen) atoms. The van der Waals surface area contributed by atoms with Crippen LogP contribution < -0.4 is 9.80 Å². The van der Waals surface area contributed by atoms with Crippen LogP contribution in [0.4, 0.5) is 29.7 Å². The Hall–Kier alpha value is -3.42. The third kappa shape index (κ3) is 5.06. The van der Waals surface area contributed by atoms with Crippen molar-refractivity contribution in [2.24, 2.45) is 0 Å². The van der Waals surface area contributed by atoms with E-state index in [-0.39, 0.29) is 18.9 Å². The fourth-order valence-electron chi connectivity index (χ4n) is 4.55. The Morgan fingerprint density at radius 3 is 2.51 bits per heavy atom. The topological polar surface area (TPSA) is 92.5 Å². The first-order valence-corrected chi connectivity index (χ1v) is 12.9. The number of piperazine rings is 1. The summed E-state index contributed by atoms with van der Waals surface area (Å²) in [6.07, 6.45) is -3.09. The number of carbonyl (C=O) groups is 1. The maximum atomic E-state index is 13.3. The molecule has 1 amide bonds. The molecule has 0 aliphatic carbocycles. The van der Waals surface area contributed by atoms with Gasteiger partial charge >= 0.3 is 12.3 Å². The quantitative estimate of drug-likeness (QED) is 0.451. The summed E-state index contributed by atoms with van der Waals surface area (Å²) >= 11 is 1.60. The van der Waals surface area contributed by atoms with Crippen LogP contribution in [0.2, 0.25) is 0 Å². The molecule has 2 aliphatic heterocycles. The lowest BCUT2D eigenvalue weighted by Gasteiger charge is -2.35. The Labute approximate surface area is 215 Å². The number of hydrogen-bond acceptors (Lipinski definition) is 9. The smallest absolute Gasteiger partial charge is 0.416 e. The molecule has 5 rings (SSSR count). The number of ether oxygens (including phenoxy) is 1. The molecule has 2 aliphatic rings. The van der Waals surface area contributed by atoms with E-state index in [0.717, 1.165) is 27.6 Å². The highest BCUT2D eigenvalue weighted by Gasteiger charge is 2.40. The molecule has 0 saturated carbocycles. The van der Waals surface area contributed by atoms with Crippen LogP contribution in [0, 0.1) is 0 Å². The zero-order valence-corrected chi connectivity index (χ0v) is 21.4. The van der Waals surface area contributed by atoms with Crippen molar-refractivity contribution in [3.63, 3.8) is 0 Å². The lowest BCUT2D eigenvalue weighted by molar-refractivity contribution is -0.147. The van der Waals surface area contributed by atoms with Crippen molar-refractivity contribution in [3.05, 3.63) is 34.9 Å². The van der Waals surface area contributed by atoms with Crippen LogP contribution in [0.5, 0.6) is 0 Å². The number of allylic oxidation sites excluding steroid dienone is 1. The maximum Gasteiger partial charge on any atom is 0.451 e. The predicted molar refractivity (Wildman–Crippen MR) is 133 cm³/mol. The molecule has 3 aromatic rings. The van der Waals surface area contributed by atoms with E-state index in [0.29, 0.717) is 50.2 Å². The van der Waals surface area contributed by atoms with Gasteiger partial charge in [-0.05, 0) is 19.4 Å². The van der Waals surface area contributed by atoms with E-state index >= 15 is 0 Å². The van der Waals surface area contributed by atoms with Gasteiger partial charge in [-0.1, -0.05) is 19.9 Å². The first-order chi connectivity index (χ1) is 17.6. The van der Waals surface area contributed by atoms with Gasteiger partial charge in [-0.15, -0.1) is 21.5 Å². The zero-order chi connectivity index (χ0) is 26.3. The van der Waals surface area contributed by atoms with Crippen LogP contribution in [0.1, 0.15) is 36.8 Å². The van der Waals surface area contributed by atoms with Crippen LogP contribution in [0.25, 0.3) is 10.2 Å². The molecule has 5 heterocycles. The summed E-state index contributed by atoms with van der Waals surface area (Å²) in [7, 11) is 0. The van der Waals surface area contributed by atoms with Gasteiger partial charge < -0.3 is 24.0 Å². The summed E-state index contributed by atoms with van der Waals surface area (Å²) < 4.78 is 46.2. The molecule has 0 atom stereocenters. The van der Waals surface area contributed by atoms with Gasteiger partial charge in [-0.2, -0.15) is 18.2 Å². The molecule has 0 aromatic carbocycles. The molecule has 14 heteroatoms. The molecule has 0 spiro atoms. The highest BCUT2D eigenvalue weighted by molar-refractivity contribution is 7.18. The summed E-state index contributed by atoms with van der Waals surface area (Å²) in [5.41, 5.74) is 0. The van der Waals surface area contributed by atoms with Crippen molar-refractivity contribution in [1.82, 2.24) is 29.6 Å². The number of carbonyl (C=O) groups excluding carboxylic acids is 1. The van der Waals surface area contributed by atoms with Crippen molar-refractivity contribution in [2.45, 2.75) is 46.0 Å². The summed E-state index contributed by atoms with van der Waals surface area (Å²) in [5, 5.41) is 8.09. The number of nitrogens with zero attached hydrogens (tertiary/aromatic N) is 8. The van der Waals surface area contributed by atoms with Gasteiger partial charge in [0.05, 0.1) is 17.7 Å². The summed E-state index contributed by atoms with van der Waals surface area (Å²) in [5.74, 6) is 0.819. The standard InChI is InChI=1S/C23H27F3N8O2S/c1-4-5-15-12-16-18(33-10-11-34-17(13-33)29-30-20(34)23(24,25)26)27-21(28-19(16)37-15)31-6-8-32(9-7-31)22(35)36-14(2)3/h12H,2,4-11,13H2,1,3H3. The first-order valence-electron chi connectivity index (χ1n) is 12.1. The predicted octanol–water partition coefficient (Wildman–Crippen LogP) is 4.07. The van der Waals surface area contributed by atoms with Crippen molar-refractivity contribution in [2.75, 3.05) is 42.5 Å². The largest absolute Gasteiger partial charge is 0.451 e. The SMILES string of the molecule is C=C(C)OC(=O)N1CCN(c2nc(N3CCn4c(nnc4C(F)(F)F)C3)c3cc(CCC)sc3n2)CC1. The van der Waals surface area contributed by atoms with E-state index in [2.05, 4.69) is 29.8 Å². The molecule has 0 N–H and O–H groups in total. The number of amides is 1. The monoisotopic (exact) mass is 536 g/mol.